The van der Waals surface area contributed by atoms with Crippen molar-refractivity contribution in [2.75, 3.05) is 0 Å². The van der Waals surface area contributed by atoms with Crippen molar-refractivity contribution in [3.8, 4) is 0 Å². The Morgan fingerprint density at radius 1 is 1.11 bits per heavy atom. The normalized spacial score (nSPS) is 14.7. The van der Waals surface area contributed by atoms with Crippen molar-refractivity contribution in [1.82, 2.24) is 24.1 Å². The van der Waals surface area contributed by atoms with E-state index in [-0.39, 0.29) is 40.7 Å². The number of aryl methyl sites for hydroxylation is 1. The minimum Gasteiger partial charge on any atom is -0.349 e. The van der Waals surface area contributed by atoms with Gasteiger partial charge in [0.25, 0.3) is 11.5 Å². The van der Waals surface area contributed by atoms with Crippen molar-refractivity contribution in [3.05, 3.63) is 80.0 Å². The van der Waals surface area contributed by atoms with Gasteiger partial charge in [0, 0.05) is 18.7 Å². The predicted octanol–water partition coefficient (Wildman–Crippen LogP) is 3.09. The maximum atomic E-state index is 13.3. The minimum absolute atomic E-state index is 0.0211. The van der Waals surface area contributed by atoms with Gasteiger partial charge < -0.3 is 5.32 Å². The molecule has 5 rings (SSSR count). The molecule has 0 saturated heterocycles. The van der Waals surface area contributed by atoms with E-state index in [1.807, 2.05) is 0 Å². The number of rotatable bonds is 4. The summed E-state index contributed by atoms with van der Waals surface area (Å²) < 4.78 is 42.7. The lowest BCUT2D eigenvalue weighted by Gasteiger charge is -2.12. The molecule has 35 heavy (non-hydrogen) atoms. The fourth-order valence-electron chi connectivity index (χ4n) is 4.60. The Hall–Kier alpha value is -3.89. The standard InChI is InChI=1S/C24H22F3N5O3/c1-30-21(34)18-10-9-15(20(33)28-17-7-2-3-8-17)12-19(18)32-22(30)29-31(23(32)35)13-14-5-4-6-16(11-14)24(25,26)27/h4-6,9-12,17H,2-3,7-8,13H2,1H3,(H,28,33). The Morgan fingerprint density at radius 3 is 2.57 bits per heavy atom. The van der Waals surface area contributed by atoms with Gasteiger partial charge in [0.15, 0.2) is 0 Å². The highest BCUT2D eigenvalue weighted by Crippen LogP contribution is 2.29. The van der Waals surface area contributed by atoms with E-state index in [1.165, 1.54) is 46.3 Å². The molecule has 1 amide bonds. The van der Waals surface area contributed by atoms with Gasteiger partial charge in [-0.2, -0.15) is 13.2 Å². The number of nitrogens with zero attached hydrogens (tertiary/aromatic N) is 4. The quantitative estimate of drug-likeness (QED) is 0.481. The van der Waals surface area contributed by atoms with Crippen LogP contribution in [0.15, 0.2) is 52.1 Å². The fourth-order valence-corrected chi connectivity index (χ4v) is 4.60. The molecule has 2 aromatic heterocycles. The Kier molecular flexibility index (Phi) is 5.49. The third-order valence-electron chi connectivity index (χ3n) is 6.44. The number of hydrogen-bond acceptors (Lipinski definition) is 4. The number of fused-ring (bicyclic) bond motifs is 3. The summed E-state index contributed by atoms with van der Waals surface area (Å²) in [5, 5.41) is 7.42. The van der Waals surface area contributed by atoms with Crippen LogP contribution in [0.25, 0.3) is 16.7 Å². The molecule has 0 atom stereocenters. The van der Waals surface area contributed by atoms with Crippen LogP contribution in [0.3, 0.4) is 0 Å². The van der Waals surface area contributed by atoms with Crippen molar-refractivity contribution in [1.29, 1.82) is 0 Å². The number of aromatic nitrogens is 4. The van der Waals surface area contributed by atoms with Gasteiger partial charge in [0.2, 0.25) is 5.78 Å². The van der Waals surface area contributed by atoms with Crippen molar-refractivity contribution >= 4 is 22.6 Å². The number of nitrogens with one attached hydrogen (secondary N) is 1. The maximum absolute atomic E-state index is 13.3. The largest absolute Gasteiger partial charge is 0.416 e. The zero-order valence-corrected chi connectivity index (χ0v) is 18.8. The monoisotopic (exact) mass is 485 g/mol. The molecule has 0 unspecified atom stereocenters. The minimum atomic E-state index is -4.52. The van der Waals surface area contributed by atoms with Crippen LogP contribution in [0.4, 0.5) is 13.2 Å². The number of halogens is 3. The van der Waals surface area contributed by atoms with Gasteiger partial charge in [0.05, 0.1) is 23.0 Å². The fraction of sp³-hybridized carbons (Fsp3) is 0.333. The molecular weight excluding hydrogens is 463 g/mol. The van der Waals surface area contributed by atoms with Crippen LogP contribution in [0.1, 0.15) is 47.2 Å². The van der Waals surface area contributed by atoms with E-state index < -0.39 is 23.0 Å². The lowest BCUT2D eigenvalue weighted by atomic mass is 10.1. The maximum Gasteiger partial charge on any atom is 0.416 e. The summed E-state index contributed by atoms with van der Waals surface area (Å²) in [5.41, 5.74) is -1.13. The zero-order chi connectivity index (χ0) is 24.9. The zero-order valence-electron chi connectivity index (χ0n) is 18.8. The van der Waals surface area contributed by atoms with Crippen LogP contribution in [-0.4, -0.2) is 30.7 Å². The molecule has 2 heterocycles. The van der Waals surface area contributed by atoms with E-state index in [1.54, 1.807) is 0 Å². The van der Waals surface area contributed by atoms with E-state index in [2.05, 4.69) is 10.4 Å². The molecule has 4 aromatic rings. The number of hydrogen-bond donors (Lipinski definition) is 1. The molecule has 11 heteroatoms. The van der Waals surface area contributed by atoms with Gasteiger partial charge >= 0.3 is 11.9 Å². The molecule has 0 radical (unpaired) electrons. The summed E-state index contributed by atoms with van der Waals surface area (Å²) in [5.74, 6) is -0.273. The first-order valence-corrected chi connectivity index (χ1v) is 11.2. The molecule has 1 fully saturated rings. The highest BCUT2D eigenvalue weighted by molar-refractivity contribution is 5.98. The van der Waals surface area contributed by atoms with E-state index in [0.29, 0.717) is 5.56 Å². The molecule has 1 saturated carbocycles. The Labute approximate surface area is 196 Å². The van der Waals surface area contributed by atoms with E-state index >= 15 is 0 Å². The highest BCUT2D eigenvalue weighted by Gasteiger charge is 2.30. The van der Waals surface area contributed by atoms with Crippen LogP contribution in [0, 0.1) is 0 Å². The van der Waals surface area contributed by atoms with Crippen molar-refractivity contribution < 1.29 is 18.0 Å². The molecule has 1 N–H and O–H groups in total. The van der Waals surface area contributed by atoms with Crippen LogP contribution >= 0.6 is 0 Å². The van der Waals surface area contributed by atoms with Gasteiger partial charge in [-0.25, -0.2) is 13.9 Å². The third kappa shape index (κ3) is 4.11. The van der Waals surface area contributed by atoms with Crippen molar-refractivity contribution in [2.45, 2.75) is 44.4 Å². The molecule has 1 aliphatic rings. The summed E-state index contributed by atoms with van der Waals surface area (Å²) in [6, 6.07) is 9.25. The van der Waals surface area contributed by atoms with Gasteiger partial charge in [-0.05, 0) is 48.7 Å². The lowest BCUT2D eigenvalue weighted by Crippen LogP contribution is -2.32. The predicted molar refractivity (Wildman–Crippen MR) is 122 cm³/mol. The number of alkyl halides is 3. The number of amides is 1. The molecule has 2 aromatic carbocycles. The summed E-state index contributed by atoms with van der Waals surface area (Å²) >= 11 is 0. The summed E-state index contributed by atoms with van der Waals surface area (Å²) in [6.45, 7) is -0.220. The Bertz CT molecular complexity index is 1580. The van der Waals surface area contributed by atoms with Gasteiger partial charge in [-0.15, -0.1) is 5.10 Å². The van der Waals surface area contributed by atoms with Crippen molar-refractivity contribution in [3.63, 3.8) is 0 Å². The lowest BCUT2D eigenvalue weighted by molar-refractivity contribution is -0.137. The van der Waals surface area contributed by atoms with Gasteiger partial charge in [-0.1, -0.05) is 25.0 Å². The average molecular weight is 485 g/mol. The Morgan fingerprint density at radius 2 is 1.86 bits per heavy atom. The topological polar surface area (TPSA) is 90.4 Å². The second-order valence-corrected chi connectivity index (χ2v) is 8.82. The van der Waals surface area contributed by atoms with Crippen LogP contribution in [0.5, 0.6) is 0 Å². The van der Waals surface area contributed by atoms with Gasteiger partial charge in [0.1, 0.15) is 0 Å². The second kappa shape index (κ2) is 8.40. The molecule has 1 aliphatic carbocycles. The number of benzene rings is 2. The van der Waals surface area contributed by atoms with Crippen LogP contribution in [0.2, 0.25) is 0 Å². The molecule has 0 spiro atoms. The first-order valence-electron chi connectivity index (χ1n) is 11.2. The first kappa shape index (κ1) is 22.9. The summed E-state index contributed by atoms with van der Waals surface area (Å²) in [7, 11) is 1.46. The summed E-state index contributed by atoms with van der Waals surface area (Å²) in [4.78, 5) is 39.0. The SMILES string of the molecule is Cn1c(=O)c2ccc(C(=O)NC3CCCC3)cc2n2c(=O)n(Cc3cccc(C(F)(F)F)c3)nc12. The van der Waals surface area contributed by atoms with E-state index in [0.717, 1.165) is 42.5 Å². The van der Waals surface area contributed by atoms with E-state index in [4.69, 9.17) is 0 Å². The van der Waals surface area contributed by atoms with Crippen LogP contribution < -0.4 is 16.6 Å². The average Bonchev–Trinajstić information content (AvgIpc) is 3.45. The van der Waals surface area contributed by atoms with Gasteiger partial charge in [-0.3, -0.25) is 14.2 Å². The molecule has 182 valence electrons. The number of carbonyl (C=O) groups excluding carboxylic acids is 1. The van der Waals surface area contributed by atoms with Crippen LogP contribution in [-0.2, 0) is 19.8 Å². The molecule has 0 aliphatic heterocycles. The molecule has 8 nitrogen and oxygen atoms in total. The van der Waals surface area contributed by atoms with E-state index in [9.17, 15) is 27.6 Å². The first-order chi connectivity index (χ1) is 16.6. The molecular formula is C24H22F3N5O3. The smallest absolute Gasteiger partial charge is 0.349 e. The number of carbonyl (C=O) groups is 1. The molecule has 0 bridgehead atoms. The second-order valence-electron chi connectivity index (χ2n) is 8.82. The highest BCUT2D eigenvalue weighted by atomic mass is 19.4. The summed E-state index contributed by atoms with van der Waals surface area (Å²) in [6.07, 6.45) is -0.590. The third-order valence-corrected chi connectivity index (χ3v) is 6.44. The Balaban J connectivity index is 1.61. The van der Waals surface area contributed by atoms with Crippen molar-refractivity contribution in [2.24, 2.45) is 7.05 Å².